The van der Waals surface area contributed by atoms with Gasteiger partial charge in [0, 0.05) is 23.5 Å². The van der Waals surface area contributed by atoms with Crippen LogP contribution in [0.3, 0.4) is 0 Å². The first kappa shape index (κ1) is 15.1. The van der Waals surface area contributed by atoms with Gasteiger partial charge in [0.1, 0.15) is 4.90 Å². The van der Waals surface area contributed by atoms with Crippen molar-refractivity contribution in [3.8, 4) is 0 Å². The number of hydrogen-bond donors (Lipinski definition) is 3. The zero-order chi connectivity index (χ0) is 15.8. The summed E-state index contributed by atoms with van der Waals surface area (Å²) in [6, 6.07) is 5.10. The highest BCUT2D eigenvalue weighted by atomic mass is 32.2. The largest absolute Gasteiger partial charge is 0.399 e. The molecule has 0 unspecified atom stereocenters. The van der Waals surface area contributed by atoms with E-state index in [-0.39, 0.29) is 22.0 Å². The maximum Gasteiger partial charge on any atom is 0.240 e. The zero-order valence-electron chi connectivity index (χ0n) is 10.4. The van der Waals surface area contributed by atoms with Gasteiger partial charge in [0.05, 0.1) is 5.69 Å². The van der Waals surface area contributed by atoms with E-state index in [1.54, 1.807) is 0 Å². The van der Waals surface area contributed by atoms with Gasteiger partial charge in [-0.1, -0.05) is 0 Å². The first-order chi connectivity index (χ1) is 9.68. The number of anilines is 3. The van der Waals surface area contributed by atoms with E-state index in [2.05, 4.69) is 5.32 Å². The molecule has 21 heavy (non-hydrogen) atoms. The van der Waals surface area contributed by atoms with Gasteiger partial charge in [-0.3, -0.25) is 0 Å². The summed E-state index contributed by atoms with van der Waals surface area (Å²) in [7, 11) is -4.11. The van der Waals surface area contributed by atoms with Crippen molar-refractivity contribution in [2.24, 2.45) is 5.14 Å². The monoisotopic (exact) mass is 317 g/mol. The average Bonchev–Trinajstić information content (AvgIpc) is 2.37. The molecule has 0 saturated heterocycles. The number of halogens is 3. The van der Waals surface area contributed by atoms with Crippen LogP contribution in [0, 0.1) is 17.5 Å². The summed E-state index contributed by atoms with van der Waals surface area (Å²) in [6.07, 6.45) is 0. The van der Waals surface area contributed by atoms with Crippen molar-refractivity contribution in [1.82, 2.24) is 0 Å². The van der Waals surface area contributed by atoms with Gasteiger partial charge < -0.3 is 11.1 Å². The Morgan fingerprint density at radius 2 is 1.57 bits per heavy atom. The molecule has 9 heteroatoms. The number of nitrogen functional groups attached to an aromatic ring is 1. The predicted octanol–water partition coefficient (Wildman–Crippen LogP) is 2.08. The van der Waals surface area contributed by atoms with Crippen LogP contribution in [-0.2, 0) is 10.0 Å². The number of benzene rings is 2. The molecule has 0 aliphatic rings. The van der Waals surface area contributed by atoms with Gasteiger partial charge >= 0.3 is 0 Å². The minimum Gasteiger partial charge on any atom is -0.399 e. The van der Waals surface area contributed by atoms with Crippen molar-refractivity contribution >= 4 is 27.1 Å². The number of nitrogens with two attached hydrogens (primary N) is 2. The molecule has 0 saturated carbocycles. The molecule has 0 aliphatic carbocycles. The Morgan fingerprint density at radius 3 is 2.10 bits per heavy atom. The summed E-state index contributed by atoms with van der Waals surface area (Å²) in [5.41, 5.74) is 5.38. The topological polar surface area (TPSA) is 98.2 Å². The summed E-state index contributed by atoms with van der Waals surface area (Å²) in [5.74, 6) is -4.44. The van der Waals surface area contributed by atoms with Crippen LogP contribution in [0.2, 0.25) is 0 Å². The third kappa shape index (κ3) is 3.26. The minimum atomic E-state index is -4.11. The van der Waals surface area contributed by atoms with Gasteiger partial charge in [-0.2, -0.15) is 0 Å². The van der Waals surface area contributed by atoms with Crippen LogP contribution in [0.5, 0.6) is 0 Å². The highest BCUT2D eigenvalue weighted by Gasteiger charge is 2.16. The summed E-state index contributed by atoms with van der Waals surface area (Å²) in [6.45, 7) is 0. The Bertz CT molecular complexity index is 786. The molecule has 0 heterocycles. The highest BCUT2D eigenvalue weighted by Crippen LogP contribution is 2.27. The van der Waals surface area contributed by atoms with E-state index in [4.69, 9.17) is 10.9 Å². The lowest BCUT2D eigenvalue weighted by molar-refractivity contribution is 0.448. The normalized spacial score (nSPS) is 11.4. The van der Waals surface area contributed by atoms with Crippen molar-refractivity contribution in [1.29, 1.82) is 0 Å². The van der Waals surface area contributed by atoms with Crippen LogP contribution in [0.4, 0.5) is 30.2 Å². The molecule has 0 fully saturated rings. The predicted molar refractivity (Wildman–Crippen MR) is 71.8 cm³/mol. The van der Waals surface area contributed by atoms with Crippen molar-refractivity contribution in [3.63, 3.8) is 0 Å². The third-order valence-electron chi connectivity index (χ3n) is 2.58. The molecule has 0 radical (unpaired) electrons. The molecular weight excluding hydrogens is 307 g/mol. The fraction of sp³-hybridized carbons (Fsp3) is 0. The fourth-order valence-corrected chi connectivity index (χ4v) is 2.39. The first-order valence-corrected chi connectivity index (χ1v) is 7.07. The lowest BCUT2D eigenvalue weighted by Gasteiger charge is -2.12. The Balaban J connectivity index is 2.50. The summed E-state index contributed by atoms with van der Waals surface area (Å²) < 4.78 is 62.0. The third-order valence-corrected chi connectivity index (χ3v) is 3.53. The summed E-state index contributed by atoms with van der Waals surface area (Å²) in [5, 5.41) is 7.49. The van der Waals surface area contributed by atoms with Gasteiger partial charge in [-0.15, -0.1) is 0 Å². The second-order valence-electron chi connectivity index (χ2n) is 4.18. The van der Waals surface area contributed by atoms with Gasteiger partial charge in [-0.05, 0) is 18.2 Å². The minimum absolute atomic E-state index is 0.0443. The molecule has 2 rings (SSSR count). The fourth-order valence-electron chi connectivity index (χ4n) is 1.66. The van der Waals surface area contributed by atoms with Gasteiger partial charge in [0.25, 0.3) is 0 Å². The van der Waals surface area contributed by atoms with E-state index in [1.165, 1.54) is 12.1 Å². The van der Waals surface area contributed by atoms with Gasteiger partial charge in [0.2, 0.25) is 10.0 Å². The van der Waals surface area contributed by atoms with Crippen molar-refractivity contribution < 1.29 is 21.6 Å². The van der Waals surface area contributed by atoms with E-state index in [9.17, 15) is 21.6 Å². The molecule has 0 amide bonds. The number of nitrogens with one attached hydrogen (secondary N) is 1. The molecule has 0 aromatic heterocycles. The lowest BCUT2D eigenvalue weighted by atomic mass is 10.2. The van der Waals surface area contributed by atoms with Crippen LogP contribution in [-0.4, -0.2) is 8.42 Å². The number of primary sulfonamides is 1. The second-order valence-corrected chi connectivity index (χ2v) is 5.71. The maximum atomic E-state index is 13.1. The Hall–Kier alpha value is -2.26. The van der Waals surface area contributed by atoms with Gasteiger partial charge in [-0.25, -0.2) is 26.7 Å². The van der Waals surface area contributed by atoms with Crippen molar-refractivity contribution in [2.45, 2.75) is 4.90 Å². The van der Waals surface area contributed by atoms with E-state index in [0.717, 1.165) is 6.07 Å². The molecule has 2 aromatic carbocycles. The first-order valence-electron chi connectivity index (χ1n) is 5.52. The van der Waals surface area contributed by atoms with Crippen LogP contribution in [0.25, 0.3) is 0 Å². The van der Waals surface area contributed by atoms with E-state index in [0.29, 0.717) is 12.1 Å². The van der Waals surface area contributed by atoms with E-state index >= 15 is 0 Å². The van der Waals surface area contributed by atoms with Crippen LogP contribution in [0.1, 0.15) is 0 Å². The smallest absolute Gasteiger partial charge is 0.240 e. The van der Waals surface area contributed by atoms with Crippen molar-refractivity contribution in [2.75, 3.05) is 11.1 Å². The molecule has 2 aromatic rings. The van der Waals surface area contributed by atoms with Crippen molar-refractivity contribution in [3.05, 3.63) is 47.8 Å². The Labute approximate surface area is 118 Å². The van der Waals surface area contributed by atoms with E-state index in [1.807, 2.05) is 0 Å². The summed E-state index contributed by atoms with van der Waals surface area (Å²) in [4.78, 5) is -0.354. The molecule has 112 valence electrons. The zero-order valence-corrected chi connectivity index (χ0v) is 11.2. The number of sulfonamides is 1. The molecule has 5 N–H and O–H groups in total. The number of rotatable bonds is 3. The SMILES string of the molecule is Nc1ccc(Nc2cc(F)c(F)c(F)c2)c(S(N)(=O)=O)c1. The lowest BCUT2D eigenvalue weighted by Crippen LogP contribution is -2.14. The highest BCUT2D eigenvalue weighted by molar-refractivity contribution is 7.89. The number of hydrogen-bond acceptors (Lipinski definition) is 4. The molecular formula is C12H10F3N3O2S. The Morgan fingerprint density at radius 1 is 1.00 bits per heavy atom. The molecule has 5 nitrogen and oxygen atoms in total. The van der Waals surface area contributed by atoms with Crippen LogP contribution >= 0.6 is 0 Å². The average molecular weight is 317 g/mol. The van der Waals surface area contributed by atoms with Gasteiger partial charge in [0.15, 0.2) is 17.5 Å². The molecule has 0 bridgehead atoms. The molecule has 0 aliphatic heterocycles. The Kier molecular flexibility index (Phi) is 3.79. The van der Waals surface area contributed by atoms with E-state index < -0.39 is 27.5 Å². The molecule has 0 atom stereocenters. The maximum absolute atomic E-state index is 13.1. The van der Waals surface area contributed by atoms with Crippen LogP contribution < -0.4 is 16.2 Å². The summed E-state index contributed by atoms with van der Waals surface area (Å²) >= 11 is 0. The quantitative estimate of drug-likeness (QED) is 0.596. The molecule has 0 spiro atoms. The standard InChI is InChI=1S/C12H10F3N3O2S/c13-8-4-7(5-9(14)12(8)15)18-10-2-1-6(16)3-11(10)21(17,19)20/h1-5,18H,16H2,(H2,17,19,20). The second kappa shape index (κ2) is 5.26. The van der Waals surface area contributed by atoms with Crippen LogP contribution in [0.15, 0.2) is 35.2 Å².